The smallest absolute Gasteiger partial charge is 0.257 e. The molecule has 0 aliphatic rings. The first kappa shape index (κ1) is 16.8. The Balaban J connectivity index is 1.47. The van der Waals surface area contributed by atoms with Gasteiger partial charge in [-0.15, -0.1) is 16.4 Å². The maximum absolute atomic E-state index is 12.5. The summed E-state index contributed by atoms with van der Waals surface area (Å²) in [7, 11) is 1.63. The molecule has 0 spiro atoms. The number of hydrogen-bond acceptors (Lipinski definition) is 8. The normalized spacial score (nSPS) is 10.7. The Morgan fingerprint density at radius 2 is 2.22 bits per heavy atom. The molecule has 2 N–H and O–H groups in total. The van der Waals surface area contributed by atoms with Gasteiger partial charge in [-0.05, 0) is 22.6 Å². The van der Waals surface area contributed by atoms with E-state index in [4.69, 9.17) is 4.74 Å². The van der Waals surface area contributed by atoms with E-state index < -0.39 is 0 Å². The molecule has 10 nitrogen and oxygen atoms in total. The molecule has 0 saturated heterocycles. The minimum atomic E-state index is -0.290. The Morgan fingerprint density at radius 3 is 3.04 bits per heavy atom. The number of thiazole rings is 1. The number of rotatable bonds is 6. The molecule has 1 amide bonds. The zero-order chi connectivity index (χ0) is 18.6. The number of para-hydroxylation sites is 1. The fourth-order valence-electron chi connectivity index (χ4n) is 2.48. The fourth-order valence-corrected chi connectivity index (χ4v) is 3.36. The molecule has 4 aromatic rings. The van der Waals surface area contributed by atoms with E-state index in [1.165, 1.54) is 28.5 Å². The van der Waals surface area contributed by atoms with Gasteiger partial charge in [-0.3, -0.25) is 9.89 Å². The minimum Gasteiger partial charge on any atom is -0.496 e. The molecule has 27 heavy (non-hydrogen) atoms. The molecule has 1 aromatic carbocycles. The zero-order valence-corrected chi connectivity index (χ0v) is 15.0. The predicted octanol–water partition coefficient (Wildman–Crippen LogP) is 1.45. The van der Waals surface area contributed by atoms with E-state index >= 15 is 0 Å². The van der Waals surface area contributed by atoms with E-state index in [9.17, 15) is 4.79 Å². The lowest BCUT2D eigenvalue weighted by Gasteiger charge is -2.05. The molecule has 136 valence electrons. The lowest BCUT2D eigenvalue weighted by atomic mass is 10.2. The number of nitrogens with one attached hydrogen (secondary N) is 2. The van der Waals surface area contributed by atoms with E-state index in [1.54, 1.807) is 13.3 Å². The number of tetrazole rings is 1. The molecular formula is C16H14N8O2S. The monoisotopic (exact) mass is 382 g/mol. The van der Waals surface area contributed by atoms with Gasteiger partial charge in [0, 0.05) is 11.1 Å². The number of carbonyl (C=O) groups is 1. The summed E-state index contributed by atoms with van der Waals surface area (Å²) in [6, 6.07) is 7.67. The molecule has 3 heterocycles. The van der Waals surface area contributed by atoms with Crippen molar-refractivity contribution in [2.24, 2.45) is 0 Å². The summed E-state index contributed by atoms with van der Waals surface area (Å²) in [5.74, 6) is 0.866. The van der Waals surface area contributed by atoms with Crippen LogP contribution in [0.3, 0.4) is 0 Å². The largest absolute Gasteiger partial charge is 0.496 e. The highest BCUT2D eigenvalue weighted by molar-refractivity contribution is 7.15. The van der Waals surface area contributed by atoms with Crippen LogP contribution in [0.2, 0.25) is 0 Å². The number of nitrogens with zero attached hydrogens (tertiary/aromatic N) is 6. The van der Waals surface area contributed by atoms with Gasteiger partial charge in [0.05, 0.1) is 25.4 Å². The van der Waals surface area contributed by atoms with Crippen LogP contribution in [0.1, 0.15) is 15.2 Å². The van der Waals surface area contributed by atoms with Crippen molar-refractivity contribution in [3.05, 3.63) is 53.4 Å². The van der Waals surface area contributed by atoms with Crippen molar-refractivity contribution in [2.75, 3.05) is 7.11 Å². The third-order valence-corrected chi connectivity index (χ3v) is 4.79. The lowest BCUT2D eigenvalue weighted by molar-refractivity contribution is 0.0951. The van der Waals surface area contributed by atoms with Crippen LogP contribution in [0.5, 0.6) is 5.75 Å². The quantitative estimate of drug-likeness (QED) is 0.517. The van der Waals surface area contributed by atoms with E-state index in [0.717, 1.165) is 21.2 Å². The number of H-pyrrole nitrogens is 1. The van der Waals surface area contributed by atoms with Crippen LogP contribution in [-0.2, 0) is 6.54 Å². The number of ether oxygens (including phenoxy) is 1. The van der Waals surface area contributed by atoms with Gasteiger partial charge in [0.15, 0.2) is 5.82 Å². The Labute approximate surface area is 157 Å². The summed E-state index contributed by atoms with van der Waals surface area (Å²) in [5.41, 5.74) is 1.26. The number of amides is 1. The summed E-state index contributed by atoms with van der Waals surface area (Å²) < 4.78 is 6.71. The maximum atomic E-state index is 12.5. The van der Waals surface area contributed by atoms with E-state index in [-0.39, 0.29) is 5.91 Å². The summed E-state index contributed by atoms with van der Waals surface area (Å²) >= 11 is 1.49. The van der Waals surface area contributed by atoms with Crippen molar-refractivity contribution in [3.8, 4) is 22.1 Å². The van der Waals surface area contributed by atoms with Gasteiger partial charge in [-0.1, -0.05) is 12.1 Å². The summed E-state index contributed by atoms with van der Waals surface area (Å²) in [6.45, 7) is 0.339. The fraction of sp³-hybridized carbons (Fsp3) is 0.125. The van der Waals surface area contributed by atoms with Crippen molar-refractivity contribution in [1.82, 2.24) is 40.7 Å². The zero-order valence-electron chi connectivity index (χ0n) is 14.2. The van der Waals surface area contributed by atoms with Crippen LogP contribution in [0, 0.1) is 0 Å². The van der Waals surface area contributed by atoms with Crippen LogP contribution in [0.25, 0.3) is 16.4 Å². The van der Waals surface area contributed by atoms with Gasteiger partial charge >= 0.3 is 0 Å². The van der Waals surface area contributed by atoms with Crippen molar-refractivity contribution in [2.45, 2.75) is 6.54 Å². The molecular weight excluding hydrogens is 368 g/mol. The van der Waals surface area contributed by atoms with Crippen molar-refractivity contribution in [1.29, 1.82) is 0 Å². The minimum absolute atomic E-state index is 0.290. The molecule has 0 unspecified atom stereocenters. The SMILES string of the molecule is COc1ccccc1-c1ncc(CNC(=O)c2cn[nH]c2-n2cnnn2)s1. The molecule has 4 rings (SSSR count). The summed E-state index contributed by atoms with van der Waals surface area (Å²) in [5, 5.41) is 21.2. The van der Waals surface area contributed by atoms with Crippen molar-refractivity contribution >= 4 is 17.2 Å². The van der Waals surface area contributed by atoms with Gasteiger partial charge in [0.2, 0.25) is 0 Å². The third kappa shape index (κ3) is 3.40. The number of aromatic amines is 1. The van der Waals surface area contributed by atoms with Gasteiger partial charge in [-0.25, -0.2) is 4.98 Å². The number of benzene rings is 1. The molecule has 0 aliphatic heterocycles. The number of aromatic nitrogens is 7. The second-order valence-corrected chi connectivity index (χ2v) is 6.52. The summed E-state index contributed by atoms with van der Waals surface area (Å²) in [6.07, 6.45) is 4.55. The van der Waals surface area contributed by atoms with Gasteiger partial charge in [0.25, 0.3) is 5.91 Å². The molecule has 0 bridgehead atoms. The Hall–Kier alpha value is -3.60. The maximum Gasteiger partial charge on any atom is 0.257 e. The highest BCUT2D eigenvalue weighted by Gasteiger charge is 2.17. The first-order valence-corrected chi connectivity index (χ1v) is 8.71. The number of hydrogen-bond donors (Lipinski definition) is 2. The van der Waals surface area contributed by atoms with Crippen LogP contribution in [0.15, 0.2) is 43.0 Å². The van der Waals surface area contributed by atoms with Crippen LogP contribution < -0.4 is 10.1 Å². The van der Waals surface area contributed by atoms with E-state index in [1.807, 2.05) is 24.3 Å². The summed E-state index contributed by atoms with van der Waals surface area (Å²) in [4.78, 5) is 17.8. The Bertz CT molecular complexity index is 1060. The second-order valence-electron chi connectivity index (χ2n) is 5.40. The second kappa shape index (κ2) is 7.33. The molecule has 0 aliphatic carbocycles. The average Bonchev–Trinajstić information content (AvgIpc) is 3.46. The third-order valence-electron chi connectivity index (χ3n) is 3.76. The molecule has 0 atom stereocenters. The lowest BCUT2D eigenvalue weighted by Crippen LogP contribution is -2.23. The number of carbonyl (C=O) groups excluding carboxylic acids is 1. The topological polar surface area (TPSA) is 124 Å². The molecule has 0 fully saturated rings. The number of methoxy groups -OCH3 is 1. The van der Waals surface area contributed by atoms with Crippen LogP contribution in [-0.4, -0.2) is 48.4 Å². The first-order valence-electron chi connectivity index (χ1n) is 7.89. The highest BCUT2D eigenvalue weighted by atomic mass is 32.1. The van der Waals surface area contributed by atoms with E-state index in [2.05, 4.69) is 36.0 Å². The predicted molar refractivity (Wildman–Crippen MR) is 96.6 cm³/mol. The molecule has 3 aromatic heterocycles. The molecule has 0 radical (unpaired) electrons. The van der Waals surface area contributed by atoms with Gasteiger partial charge < -0.3 is 10.1 Å². The first-order chi connectivity index (χ1) is 13.3. The Kier molecular flexibility index (Phi) is 4.58. The molecule has 11 heteroatoms. The van der Waals surface area contributed by atoms with Crippen LogP contribution >= 0.6 is 11.3 Å². The average molecular weight is 382 g/mol. The molecule has 0 saturated carbocycles. The van der Waals surface area contributed by atoms with Gasteiger partial charge in [-0.2, -0.15) is 9.78 Å². The highest BCUT2D eigenvalue weighted by Crippen LogP contribution is 2.32. The standard InChI is InChI=1S/C16H14N8O2S/c1-26-13-5-3-2-4-11(13)16-18-7-10(27-16)6-17-15(25)12-8-19-21-14(12)24-9-20-22-23-24/h2-5,7-9H,6H2,1H3,(H,17,25)(H,19,21). The van der Waals surface area contributed by atoms with Crippen LogP contribution in [0.4, 0.5) is 0 Å². The van der Waals surface area contributed by atoms with Crippen molar-refractivity contribution < 1.29 is 9.53 Å². The Morgan fingerprint density at radius 1 is 1.33 bits per heavy atom. The van der Waals surface area contributed by atoms with Crippen molar-refractivity contribution in [3.63, 3.8) is 0 Å². The van der Waals surface area contributed by atoms with E-state index in [0.29, 0.717) is 17.9 Å². The van der Waals surface area contributed by atoms with Gasteiger partial charge in [0.1, 0.15) is 22.6 Å².